The van der Waals surface area contributed by atoms with E-state index in [0.29, 0.717) is 12.1 Å². The molecule has 0 saturated carbocycles. The molecule has 1 amide bonds. The third-order valence-corrected chi connectivity index (χ3v) is 1.51. The summed E-state index contributed by atoms with van der Waals surface area (Å²) in [7, 11) is 0. The highest BCUT2D eigenvalue weighted by atomic mass is 16.1. The maximum absolute atomic E-state index is 11.0. The van der Waals surface area contributed by atoms with E-state index >= 15 is 0 Å². The van der Waals surface area contributed by atoms with Gasteiger partial charge in [0.2, 0.25) is 5.91 Å². The van der Waals surface area contributed by atoms with Crippen molar-refractivity contribution in [1.82, 2.24) is 9.97 Å². The molecule has 0 aliphatic heterocycles. The number of hydrogen-bond acceptors (Lipinski definition) is 3. The van der Waals surface area contributed by atoms with Crippen LogP contribution in [-0.2, 0) is 4.79 Å². The van der Waals surface area contributed by atoms with Crippen molar-refractivity contribution in [2.45, 2.75) is 20.3 Å². The van der Waals surface area contributed by atoms with Gasteiger partial charge in [-0.05, 0) is 6.92 Å². The molecule has 0 fully saturated rings. The van der Waals surface area contributed by atoms with Crippen LogP contribution in [0.25, 0.3) is 0 Å². The molecule has 1 rings (SSSR count). The van der Waals surface area contributed by atoms with Crippen LogP contribution >= 0.6 is 0 Å². The normalized spacial score (nSPS) is 9.50. The summed E-state index contributed by atoms with van der Waals surface area (Å²) in [5, 5.41) is 2.70. The molecule has 1 aromatic rings. The van der Waals surface area contributed by atoms with Crippen LogP contribution in [0.15, 0.2) is 12.5 Å². The molecule has 0 atom stereocenters. The third-order valence-electron chi connectivity index (χ3n) is 1.51. The minimum Gasteiger partial charge on any atom is -0.323 e. The van der Waals surface area contributed by atoms with Crippen LogP contribution in [0.5, 0.6) is 0 Å². The number of amides is 1. The van der Waals surface area contributed by atoms with E-state index in [9.17, 15) is 4.79 Å². The number of hydrogen-bond donors (Lipinski definition) is 1. The molecule has 0 unspecified atom stereocenters. The van der Waals surface area contributed by atoms with Crippen molar-refractivity contribution in [3.8, 4) is 0 Å². The lowest BCUT2D eigenvalue weighted by atomic mass is 10.3. The minimum absolute atomic E-state index is 0.0205. The minimum atomic E-state index is -0.0205. The van der Waals surface area contributed by atoms with Crippen molar-refractivity contribution in [3.05, 3.63) is 18.2 Å². The average molecular weight is 165 g/mol. The molecule has 0 spiro atoms. The average Bonchev–Trinajstić information content (AvgIpc) is 2.09. The maximum atomic E-state index is 11.0. The summed E-state index contributed by atoms with van der Waals surface area (Å²) in [4.78, 5) is 18.7. The predicted octanol–water partition coefficient (Wildman–Crippen LogP) is 1.13. The molecular formula is C8H11N3O. The molecule has 64 valence electrons. The van der Waals surface area contributed by atoms with Gasteiger partial charge < -0.3 is 5.32 Å². The first-order valence-corrected chi connectivity index (χ1v) is 3.80. The zero-order valence-electron chi connectivity index (χ0n) is 7.16. The Morgan fingerprint density at radius 3 is 3.00 bits per heavy atom. The number of nitrogens with one attached hydrogen (secondary N) is 1. The number of nitrogens with zero attached hydrogens (tertiary/aromatic N) is 2. The second-order valence-corrected chi connectivity index (χ2v) is 2.42. The molecule has 4 heteroatoms. The summed E-state index contributed by atoms with van der Waals surface area (Å²) in [5.74, 6) is -0.0205. The van der Waals surface area contributed by atoms with Gasteiger partial charge in [0.05, 0.1) is 17.6 Å². The number of anilines is 1. The quantitative estimate of drug-likeness (QED) is 0.714. The second-order valence-electron chi connectivity index (χ2n) is 2.42. The Bertz CT molecular complexity index is 285. The van der Waals surface area contributed by atoms with E-state index in [-0.39, 0.29) is 5.91 Å². The third kappa shape index (κ3) is 2.02. The van der Waals surface area contributed by atoms with Crippen LogP contribution in [0, 0.1) is 6.92 Å². The van der Waals surface area contributed by atoms with Gasteiger partial charge in [0, 0.05) is 6.42 Å². The van der Waals surface area contributed by atoms with Gasteiger partial charge in [0.15, 0.2) is 0 Å². The highest BCUT2D eigenvalue weighted by Gasteiger charge is 2.01. The Morgan fingerprint density at radius 2 is 2.42 bits per heavy atom. The number of aromatic nitrogens is 2. The van der Waals surface area contributed by atoms with Crippen LogP contribution in [0.4, 0.5) is 5.69 Å². The highest BCUT2D eigenvalue weighted by Crippen LogP contribution is 2.08. The van der Waals surface area contributed by atoms with E-state index in [1.807, 2.05) is 6.92 Å². The summed E-state index contributed by atoms with van der Waals surface area (Å²) in [6.07, 6.45) is 3.52. The fourth-order valence-corrected chi connectivity index (χ4v) is 0.752. The molecule has 0 saturated heterocycles. The van der Waals surface area contributed by atoms with Crippen LogP contribution in [0.2, 0.25) is 0 Å². The standard InChI is InChI=1S/C8H11N3O/c1-3-8(12)11-7-4-9-5-10-6(7)2/h4-5H,3H2,1-2H3,(H,11,12). The lowest BCUT2D eigenvalue weighted by Crippen LogP contribution is -2.11. The van der Waals surface area contributed by atoms with Crippen LogP contribution in [0.1, 0.15) is 19.0 Å². The van der Waals surface area contributed by atoms with Gasteiger partial charge in [-0.1, -0.05) is 6.92 Å². The molecule has 4 nitrogen and oxygen atoms in total. The van der Waals surface area contributed by atoms with Gasteiger partial charge in [-0.25, -0.2) is 9.97 Å². The lowest BCUT2D eigenvalue weighted by molar-refractivity contribution is -0.115. The van der Waals surface area contributed by atoms with Gasteiger partial charge in [0.1, 0.15) is 6.33 Å². The number of rotatable bonds is 2. The molecule has 0 bridgehead atoms. The molecule has 1 aromatic heterocycles. The fourth-order valence-electron chi connectivity index (χ4n) is 0.752. The monoisotopic (exact) mass is 165 g/mol. The van der Waals surface area contributed by atoms with Crippen molar-refractivity contribution in [2.24, 2.45) is 0 Å². The summed E-state index contributed by atoms with van der Waals surface area (Å²) in [6, 6.07) is 0. The lowest BCUT2D eigenvalue weighted by Gasteiger charge is -2.03. The number of carbonyl (C=O) groups excluding carboxylic acids is 1. The van der Waals surface area contributed by atoms with E-state index in [2.05, 4.69) is 15.3 Å². The Kier molecular flexibility index (Phi) is 2.74. The highest BCUT2D eigenvalue weighted by molar-refractivity contribution is 5.90. The topological polar surface area (TPSA) is 54.9 Å². The Labute approximate surface area is 71.0 Å². The largest absolute Gasteiger partial charge is 0.323 e. The molecule has 1 heterocycles. The van der Waals surface area contributed by atoms with Gasteiger partial charge >= 0.3 is 0 Å². The maximum Gasteiger partial charge on any atom is 0.224 e. The molecule has 0 aromatic carbocycles. The van der Waals surface area contributed by atoms with Crippen molar-refractivity contribution in [3.63, 3.8) is 0 Å². The molecule has 0 aliphatic rings. The summed E-state index contributed by atoms with van der Waals surface area (Å²) in [5.41, 5.74) is 1.47. The summed E-state index contributed by atoms with van der Waals surface area (Å²) < 4.78 is 0. The van der Waals surface area contributed by atoms with Crippen molar-refractivity contribution < 1.29 is 4.79 Å². The Balaban J connectivity index is 2.75. The van der Waals surface area contributed by atoms with Gasteiger partial charge in [-0.15, -0.1) is 0 Å². The molecular weight excluding hydrogens is 154 g/mol. The molecule has 1 N–H and O–H groups in total. The van der Waals surface area contributed by atoms with Gasteiger partial charge in [-0.3, -0.25) is 4.79 Å². The fraction of sp³-hybridized carbons (Fsp3) is 0.375. The first-order valence-electron chi connectivity index (χ1n) is 3.80. The van der Waals surface area contributed by atoms with E-state index in [1.165, 1.54) is 6.33 Å². The predicted molar refractivity (Wildman–Crippen MR) is 45.7 cm³/mol. The zero-order valence-corrected chi connectivity index (χ0v) is 7.16. The van der Waals surface area contributed by atoms with E-state index in [0.717, 1.165) is 5.69 Å². The van der Waals surface area contributed by atoms with Gasteiger partial charge in [0.25, 0.3) is 0 Å². The van der Waals surface area contributed by atoms with Gasteiger partial charge in [-0.2, -0.15) is 0 Å². The number of aryl methyl sites for hydroxylation is 1. The van der Waals surface area contributed by atoms with Crippen LogP contribution in [0.3, 0.4) is 0 Å². The van der Waals surface area contributed by atoms with E-state index in [1.54, 1.807) is 13.1 Å². The summed E-state index contributed by atoms with van der Waals surface area (Å²) in [6.45, 7) is 3.63. The van der Waals surface area contributed by atoms with Crippen molar-refractivity contribution in [1.29, 1.82) is 0 Å². The van der Waals surface area contributed by atoms with E-state index < -0.39 is 0 Å². The molecule has 0 aliphatic carbocycles. The van der Waals surface area contributed by atoms with E-state index in [4.69, 9.17) is 0 Å². The first kappa shape index (κ1) is 8.64. The SMILES string of the molecule is CCC(=O)Nc1cncnc1C. The first-order chi connectivity index (χ1) is 5.74. The van der Waals surface area contributed by atoms with Crippen LogP contribution < -0.4 is 5.32 Å². The molecule has 12 heavy (non-hydrogen) atoms. The molecule has 0 radical (unpaired) electrons. The Morgan fingerprint density at radius 1 is 1.67 bits per heavy atom. The van der Waals surface area contributed by atoms with Crippen molar-refractivity contribution >= 4 is 11.6 Å². The second kappa shape index (κ2) is 3.80. The number of carbonyl (C=O) groups is 1. The Hall–Kier alpha value is -1.45. The summed E-state index contributed by atoms with van der Waals surface area (Å²) >= 11 is 0. The smallest absolute Gasteiger partial charge is 0.224 e. The zero-order chi connectivity index (χ0) is 8.97. The van der Waals surface area contributed by atoms with Crippen LogP contribution in [-0.4, -0.2) is 15.9 Å². The van der Waals surface area contributed by atoms with Crippen molar-refractivity contribution in [2.75, 3.05) is 5.32 Å².